The number of carbonyl (C=O) groups is 1. The second kappa shape index (κ2) is 8.44. The number of hydrogen-bond donors (Lipinski definition) is 1. The lowest BCUT2D eigenvalue weighted by Gasteiger charge is -2.22. The van der Waals surface area contributed by atoms with Gasteiger partial charge in [-0.3, -0.25) is 0 Å². The van der Waals surface area contributed by atoms with Crippen molar-refractivity contribution in [3.05, 3.63) is 0 Å². The van der Waals surface area contributed by atoms with Crippen molar-refractivity contribution in [2.24, 2.45) is 0 Å². The molecular formula is C12H23NO4. The van der Waals surface area contributed by atoms with Crippen LogP contribution >= 0.6 is 0 Å². The molecule has 100 valence electrons. The molecule has 1 rings (SSSR count). The lowest BCUT2D eigenvalue weighted by molar-refractivity contribution is -0.153. The SMILES string of the molecule is CC(C)OCCOC(=O)COC1CCNCC1. The topological polar surface area (TPSA) is 56.8 Å². The first kappa shape index (κ1) is 14.4. The van der Waals surface area contributed by atoms with Crippen LogP contribution in [-0.2, 0) is 19.0 Å². The zero-order valence-electron chi connectivity index (χ0n) is 10.7. The van der Waals surface area contributed by atoms with Gasteiger partial charge >= 0.3 is 5.97 Å². The van der Waals surface area contributed by atoms with Crippen LogP contribution in [0, 0.1) is 0 Å². The molecule has 1 heterocycles. The minimum Gasteiger partial charge on any atom is -0.462 e. The Kier molecular flexibility index (Phi) is 7.16. The standard InChI is InChI=1S/C12H23NO4/c1-10(2)15-7-8-16-12(14)9-17-11-3-5-13-6-4-11/h10-11,13H,3-9H2,1-2H3. The van der Waals surface area contributed by atoms with Gasteiger partial charge in [-0.25, -0.2) is 4.79 Å². The maximum Gasteiger partial charge on any atom is 0.332 e. The number of esters is 1. The van der Waals surface area contributed by atoms with Crippen LogP contribution in [0.1, 0.15) is 26.7 Å². The quantitative estimate of drug-likeness (QED) is 0.529. The molecule has 0 aromatic carbocycles. The molecule has 5 nitrogen and oxygen atoms in total. The van der Waals surface area contributed by atoms with Gasteiger partial charge in [0.05, 0.1) is 18.8 Å². The molecule has 0 saturated carbocycles. The maximum atomic E-state index is 11.3. The molecule has 1 N–H and O–H groups in total. The Morgan fingerprint density at radius 2 is 2.00 bits per heavy atom. The van der Waals surface area contributed by atoms with Crippen molar-refractivity contribution in [2.75, 3.05) is 32.9 Å². The molecular weight excluding hydrogens is 222 g/mol. The van der Waals surface area contributed by atoms with Crippen molar-refractivity contribution in [1.82, 2.24) is 5.32 Å². The molecule has 17 heavy (non-hydrogen) atoms. The maximum absolute atomic E-state index is 11.3. The fourth-order valence-electron chi connectivity index (χ4n) is 1.63. The lowest BCUT2D eigenvalue weighted by Crippen LogP contribution is -2.33. The van der Waals surface area contributed by atoms with E-state index in [-0.39, 0.29) is 24.8 Å². The molecule has 0 radical (unpaired) electrons. The first-order valence-electron chi connectivity index (χ1n) is 6.28. The molecule has 0 amide bonds. The summed E-state index contributed by atoms with van der Waals surface area (Å²) >= 11 is 0. The fraction of sp³-hybridized carbons (Fsp3) is 0.917. The van der Waals surface area contributed by atoms with Crippen molar-refractivity contribution in [1.29, 1.82) is 0 Å². The molecule has 0 unspecified atom stereocenters. The second-order valence-electron chi connectivity index (χ2n) is 4.40. The summed E-state index contributed by atoms with van der Waals surface area (Å²) in [6.45, 7) is 6.60. The van der Waals surface area contributed by atoms with Crippen LogP contribution in [-0.4, -0.2) is 51.1 Å². The van der Waals surface area contributed by atoms with Crippen molar-refractivity contribution in [3.8, 4) is 0 Å². The first-order chi connectivity index (χ1) is 8.18. The largest absolute Gasteiger partial charge is 0.462 e. The van der Waals surface area contributed by atoms with Crippen molar-refractivity contribution in [2.45, 2.75) is 38.9 Å². The highest BCUT2D eigenvalue weighted by atomic mass is 16.6. The summed E-state index contributed by atoms with van der Waals surface area (Å²) in [7, 11) is 0. The third kappa shape index (κ3) is 7.31. The van der Waals surface area contributed by atoms with Gasteiger partial charge < -0.3 is 19.5 Å². The normalized spacial score (nSPS) is 17.4. The number of hydrogen-bond acceptors (Lipinski definition) is 5. The Morgan fingerprint density at radius 3 is 2.65 bits per heavy atom. The fourth-order valence-corrected chi connectivity index (χ4v) is 1.63. The first-order valence-corrected chi connectivity index (χ1v) is 6.28. The molecule has 5 heteroatoms. The summed E-state index contributed by atoms with van der Waals surface area (Å²) in [5.74, 6) is -0.309. The van der Waals surface area contributed by atoms with E-state index in [4.69, 9.17) is 14.2 Å². The van der Waals surface area contributed by atoms with Crippen LogP contribution in [0.3, 0.4) is 0 Å². The van der Waals surface area contributed by atoms with Crippen LogP contribution in [0.5, 0.6) is 0 Å². The highest BCUT2D eigenvalue weighted by Gasteiger charge is 2.15. The summed E-state index contributed by atoms with van der Waals surface area (Å²) < 4.78 is 15.7. The van der Waals surface area contributed by atoms with E-state index >= 15 is 0 Å². The van der Waals surface area contributed by atoms with Crippen molar-refractivity contribution in [3.63, 3.8) is 0 Å². The van der Waals surface area contributed by atoms with Gasteiger partial charge in [0.15, 0.2) is 0 Å². The van der Waals surface area contributed by atoms with E-state index in [1.54, 1.807) is 0 Å². The van der Waals surface area contributed by atoms with E-state index in [0.717, 1.165) is 25.9 Å². The van der Waals surface area contributed by atoms with Gasteiger partial charge in [-0.05, 0) is 39.8 Å². The van der Waals surface area contributed by atoms with E-state index in [0.29, 0.717) is 13.2 Å². The van der Waals surface area contributed by atoms with Crippen LogP contribution < -0.4 is 5.32 Å². The van der Waals surface area contributed by atoms with Crippen LogP contribution in [0.25, 0.3) is 0 Å². The Hall–Kier alpha value is -0.650. The minimum absolute atomic E-state index is 0.0480. The van der Waals surface area contributed by atoms with E-state index in [1.165, 1.54) is 0 Å². The van der Waals surface area contributed by atoms with E-state index in [2.05, 4.69) is 5.32 Å². The highest BCUT2D eigenvalue weighted by molar-refractivity contribution is 5.70. The Bertz CT molecular complexity index is 215. The smallest absolute Gasteiger partial charge is 0.332 e. The number of nitrogens with one attached hydrogen (secondary N) is 1. The molecule has 1 aliphatic heterocycles. The Balaban J connectivity index is 1.96. The average molecular weight is 245 g/mol. The van der Waals surface area contributed by atoms with Crippen LogP contribution in [0.4, 0.5) is 0 Å². The Morgan fingerprint density at radius 1 is 1.29 bits per heavy atom. The zero-order chi connectivity index (χ0) is 12.5. The van der Waals surface area contributed by atoms with Gasteiger partial charge in [-0.2, -0.15) is 0 Å². The van der Waals surface area contributed by atoms with Crippen molar-refractivity contribution < 1.29 is 19.0 Å². The predicted octanol–water partition coefficient (Wildman–Crippen LogP) is 0.723. The molecule has 1 fully saturated rings. The summed E-state index contributed by atoms with van der Waals surface area (Å²) in [6, 6.07) is 0. The summed E-state index contributed by atoms with van der Waals surface area (Å²) in [6.07, 6.45) is 2.28. The lowest BCUT2D eigenvalue weighted by atomic mass is 10.1. The molecule has 0 bridgehead atoms. The van der Waals surface area contributed by atoms with Crippen LogP contribution in [0.2, 0.25) is 0 Å². The van der Waals surface area contributed by atoms with Gasteiger partial charge in [0, 0.05) is 0 Å². The second-order valence-corrected chi connectivity index (χ2v) is 4.40. The molecule has 0 aromatic rings. The predicted molar refractivity (Wildman–Crippen MR) is 63.9 cm³/mol. The van der Waals surface area contributed by atoms with Gasteiger partial charge in [-0.15, -0.1) is 0 Å². The number of ether oxygens (including phenoxy) is 3. The monoisotopic (exact) mass is 245 g/mol. The van der Waals surface area contributed by atoms with Gasteiger partial charge in [0.2, 0.25) is 0 Å². The molecule has 0 aromatic heterocycles. The van der Waals surface area contributed by atoms with Crippen LogP contribution in [0.15, 0.2) is 0 Å². The van der Waals surface area contributed by atoms with E-state index < -0.39 is 0 Å². The molecule has 1 saturated heterocycles. The van der Waals surface area contributed by atoms with E-state index in [9.17, 15) is 4.79 Å². The van der Waals surface area contributed by atoms with Gasteiger partial charge in [0.1, 0.15) is 13.2 Å². The zero-order valence-corrected chi connectivity index (χ0v) is 10.7. The molecule has 0 atom stereocenters. The third-order valence-corrected chi connectivity index (χ3v) is 2.52. The number of rotatable bonds is 7. The number of carbonyl (C=O) groups excluding carboxylic acids is 1. The van der Waals surface area contributed by atoms with E-state index in [1.807, 2.05) is 13.8 Å². The highest BCUT2D eigenvalue weighted by Crippen LogP contribution is 2.06. The molecule has 0 spiro atoms. The molecule has 1 aliphatic rings. The summed E-state index contributed by atoms with van der Waals surface area (Å²) in [5, 5.41) is 3.24. The number of piperidine rings is 1. The summed E-state index contributed by atoms with van der Waals surface area (Å²) in [4.78, 5) is 11.3. The van der Waals surface area contributed by atoms with Gasteiger partial charge in [-0.1, -0.05) is 0 Å². The molecule has 0 aliphatic carbocycles. The Labute approximate surface area is 103 Å². The average Bonchev–Trinajstić information content (AvgIpc) is 2.33. The van der Waals surface area contributed by atoms with Crippen molar-refractivity contribution >= 4 is 5.97 Å². The third-order valence-electron chi connectivity index (χ3n) is 2.52. The minimum atomic E-state index is -0.309. The van der Waals surface area contributed by atoms with Gasteiger partial charge in [0.25, 0.3) is 0 Å². The summed E-state index contributed by atoms with van der Waals surface area (Å²) in [5.41, 5.74) is 0.